The van der Waals surface area contributed by atoms with Gasteiger partial charge in [0.05, 0.1) is 0 Å². The second-order valence-electron chi connectivity index (χ2n) is 4.83. The molecule has 1 heterocycles. The van der Waals surface area contributed by atoms with Crippen LogP contribution in [0.2, 0.25) is 0 Å². The van der Waals surface area contributed by atoms with Crippen LogP contribution in [0.1, 0.15) is 37.7 Å². The Hall–Kier alpha value is -1.41. The van der Waals surface area contributed by atoms with E-state index in [9.17, 15) is 5.26 Å². The number of ether oxygens (including phenoxy) is 1. The van der Waals surface area contributed by atoms with Gasteiger partial charge in [0, 0.05) is 18.4 Å². The van der Waals surface area contributed by atoms with Crippen LogP contribution >= 0.6 is 0 Å². The first-order valence-electron chi connectivity index (χ1n) is 6.32. The molecule has 4 heteroatoms. The number of nitrogens with zero attached hydrogens (tertiary/aromatic N) is 1. The quantitative estimate of drug-likeness (QED) is 0.714. The Kier molecular flexibility index (Phi) is 2.83. The second kappa shape index (κ2) is 4.36. The summed E-state index contributed by atoms with van der Waals surface area (Å²) in [7, 11) is 0. The molecule has 1 aliphatic heterocycles. The van der Waals surface area contributed by atoms with Crippen molar-refractivity contribution < 1.29 is 14.5 Å². The number of hydrogen-bond acceptors (Lipinski definition) is 4. The van der Waals surface area contributed by atoms with Crippen LogP contribution in [0.25, 0.3) is 0 Å². The summed E-state index contributed by atoms with van der Waals surface area (Å²) < 4.78 is 5.91. The summed E-state index contributed by atoms with van der Waals surface area (Å²) in [5.74, 6) is -2.15. The van der Waals surface area contributed by atoms with Gasteiger partial charge in [-0.2, -0.15) is 15.0 Å². The van der Waals surface area contributed by atoms with Crippen LogP contribution in [0, 0.1) is 11.3 Å². The SMILES string of the molecule is N#CC1(c2ccccc2)OOC2(CCCCC2)O1. The van der Waals surface area contributed by atoms with Crippen molar-refractivity contribution in [2.24, 2.45) is 0 Å². The van der Waals surface area contributed by atoms with Gasteiger partial charge in [0.25, 0.3) is 0 Å². The van der Waals surface area contributed by atoms with Crippen molar-refractivity contribution in [1.29, 1.82) is 5.26 Å². The first kappa shape index (κ1) is 11.7. The maximum Gasteiger partial charge on any atom is 0.318 e. The van der Waals surface area contributed by atoms with Crippen molar-refractivity contribution >= 4 is 0 Å². The van der Waals surface area contributed by atoms with Gasteiger partial charge < -0.3 is 0 Å². The van der Waals surface area contributed by atoms with Gasteiger partial charge in [-0.05, 0) is 12.8 Å². The molecule has 94 valence electrons. The Morgan fingerprint density at radius 2 is 1.72 bits per heavy atom. The molecule has 0 bridgehead atoms. The van der Waals surface area contributed by atoms with E-state index in [-0.39, 0.29) is 0 Å². The minimum absolute atomic E-state index is 0.676. The number of hydrogen-bond donors (Lipinski definition) is 0. The first-order valence-corrected chi connectivity index (χ1v) is 6.32. The van der Waals surface area contributed by atoms with Crippen LogP contribution < -0.4 is 0 Å². The lowest BCUT2D eigenvalue weighted by atomic mass is 9.94. The molecule has 3 rings (SSSR count). The fourth-order valence-corrected chi connectivity index (χ4v) is 2.58. The molecule has 1 unspecified atom stereocenters. The Morgan fingerprint density at radius 3 is 2.39 bits per heavy atom. The minimum atomic E-state index is -1.42. The van der Waals surface area contributed by atoms with Crippen molar-refractivity contribution in [2.45, 2.75) is 43.7 Å². The predicted molar refractivity (Wildman–Crippen MR) is 62.8 cm³/mol. The Balaban J connectivity index is 1.90. The summed E-state index contributed by atoms with van der Waals surface area (Å²) in [5, 5.41) is 9.40. The molecule has 0 aromatic heterocycles. The van der Waals surface area contributed by atoms with Gasteiger partial charge in [-0.3, -0.25) is 4.74 Å². The molecule has 0 amide bonds. The monoisotopic (exact) mass is 245 g/mol. The van der Waals surface area contributed by atoms with Gasteiger partial charge in [0.15, 0.2) is 0 Å². The topological polar surface area (TPSA) is 51.5 Å². The van der Waals surface area contributed by atoms with Crippen LogP contribution in [0.3, 0.4) is 0 Å². The zero-order valence-electron chi connectivity index (χ0n) is 10.1. The van der Waals surface area contributed by atoms with E-state index in [0.29, 0.717) is 5.56 Å². The molecule has 1 aromatic rings. The second-order valence-corrected chi connectivity index (χ2v) is 4.83. The lowest BCUT2D eigenvalue weighted by Crippen LogP contribution is -2.36. The molecule has 1 spiro atoms. The number of benzene rings is 1. The average Bonchev–Trinajstić information content (AvgIpc) is 2.81. The van der Waals surface area contributed by atoms with Gasteiger partial charge >= 0.3 is 5.79 Å². The van der Waals surface area contributed by atoms with Crippen molar-refractivity contribution in [3.8, 4) is 6.07 Å². The van der Waals surface area contributed by atoms with Gasteiger partial charge in [-0.15, -0.1) is 0 Å². The smallest absolute Gasteiger partial charge is 0.297 e. The first-order chi connectivity index (χ1) is 8.79. The van der Waals surface area contributed by atoms with E-state index in [1.54, 1.807) is 0 Å². The maximum atomic E-state index is 9.40. The van der Waals surface area contributed by atoms with Gasteiger partial charge in [-0.1, -0.05) is 36.8 Å². The Morgan fingerprint density at radius 1 is 1.00 bits per heavy atom. The lowest BCUT2D eigenvalue weighted by molar-refractivity contribution is -0.348. The Labute approximate surface area is 106 Å². The highest BCUT2D eigenvalue weighted by molar-refractivity contribution is 5.26. The third-order valence-corrected chi connectivity index (χ3v) is 3.56. The molecule has 0 radical (unpaired) electrons. The molecule has 18 heavy (non-hydrogen) atoms. The van der Waals surface area contributed by atoms with Gasteiger partial charge in [-0.25, -0.2) is 0 Å². The molecule has 0 N–H and O–H groups in total. The van der Waals surface area contributed by atoms with Gasteiger partial charge in [0.1, 0.15) is 6.07 Å². The van der Waals surface area contributed by atoms with Crippen LogP contribution in [0.15, 0.2) is 30.3 Å². The highest BCUT2D eigenvalue weighted by atomic mass is 17.3. The number of rotatable bonds is 1. The van der Waals surface area contributed by atoms with Crippen LogP contribution in [0.5, 0.6) is 0 Å². The van der Waals surface area contributed by atoms with Crippen molar-refractivity contribution in [3.05, 3.63) is 35.9 Å². The van der Waals surface area contributed by atoms with E-state index in [4.69, 9.17) is 14.5 Å². The van der Waals surface area contributed by atoms with E-state index < -0.39 is 11.6 Å². The molecule has 1 saturated heterocycles. The summed E-state index contributed by atoms with van der Waals surface area (Å²) >= 11 is 0. The molecular weight excluding hydrogens is 230 g/mol. The highest BCUT2D eigenvalue weighted by Crippen LogP contribution is 2.46. The van der Waals surface area contributed by atoms with Crippen LogP contribution in [-0.2, 0) is 20.3 Å². The minimum Gasteiger partial charge on any atom is -0.297 e. The van der Waals surface area contributed by atoms with E-state index in [1.165, 1.54) is 6.42 Å². The van der Waals surface area contributed by atoms with E-state index >= 15 is 0 Å². The van der Waals surface area contributed by atoms with Crippen molar-refractivity contribution in [2.75, 3.05) is 0 Å². The number of nitriles is 1. The summed E-state index contributed by atoms with van der Waals surface area (Å²) in [5.41, 5.74) is 0.676. The molecule has 2 fully saturated rings. The van der Waals surface area contributed by atoms with Crippen LogP contribution in [-0.4, -0.2) is 5.79 Å². The van der Waals surface area contributed by atoms with E-state index in [1.807, 2.05) is 30.3 Å². The van der Waals surface area contributed by atoms with Gasteiger partial charge in [0.2, 0.25) is 5.79 Å². The van der Waals surface area contributed by atoms with Crippen molar-refractivity contribution in [3.63, 3.8) is 0 Å². The predicted octanol–water partition coefficient (Wildman–Crippen LogP) is 3.00. The Bertz CT molecular complexity index is 462. The normalized spacial score (nSPS) is 30.2. The maximum absolute atomic E-state index is 9.40. The fraction of sp³-hybridized carbons (Fsp3) is 0.500. The molecule has 1 aromatic carbocycles. The third-order valence-electron chi connectivity index (χ3n) is 3.56. The standard InChI is InChI=1S/C14H15NO3/c15-11-14(12-7-3-1-4-8-12)16-13(17-18-14)9-5-2-6-10-13/h1,3-4,7-8H,2,5-6,9-10H2. The summed E-state index contributed by atoms with van der Waals surface area (Å²) in [6.45, 7) is 0. The molecule has 1 saturated carbocycles. The molecule has 4 nitrogen and oxygen atoms in total. The summed E-state index contributed by atoms with van der Waals surface area (Å²) in [4.78, 5) is 10.7. The molecule has 1 atom stereocenters. The summed E-state index contributed by atoms with van der Waals surface area (Å²) in [6.07, 6.45) is 4.82. The molecule has 1 aliphatic carbocycles. The van der Waals surface area contributed by atoms with E-state index in [0.717, 1.165) is 25.7 Å². The zero-order chi connectivity index (χ0) is 12.5. The van der Waals surface area contributed by atoms with Crippen LogP contribution in [0.4, 0.5) is 0 Å². The third kappa shape index (κ3) is 1.81. The molecule has 2 aliphatic rings. The highest BCUT2D eigenvalue weighted by Gasteiger charge is 2.54. The fourth-order valence-electron chi connectivity index (χ4n) is 2.58. The molecular formula is C14H15NO3. The zero-order valence-corrected chi connectivity index (χ0v) is 10.1. The summed E-state index contributed by atoms with van der Waals surface area (Å²) in [6, 6.07) is 11.3. The lowest BCUT2D eigenvalue weighted by Gasteiger charge is -2.29. The van der Waals surface area contributed by atoms with Crippen molar-refractivity contribution in [1.82, 2.24) is 0 Å². The largest absolute Gasteiger partial charge is 0.318 e. The van der Waals surface area contributed by atoms with E-state index in [2.05, 4.69) is 6.07 Å². The average molecular weight is 245 g/mol.